The van der Waals surface area contributed by atoms with E-state index < -0.39 is 0 Å². The molecule has 1 heteroatoms. The lowest BCUT2D eigenvalue weighted by atomic mass is 10.0. The van der Waals surface area contributed by atoms with Crippen LogP contribution in [0.4, 0.5) is 0 Å². The van der Waals surface area contributed by atoms with Gasteiger partial charge in [-0.1, -0.05) is 35.8 Å². The van der Waals surface area contributed by atoms with Gasteiger partial charge in [0.15, 0.2) is 0 Å². The number of hydrogen-bond donors (Lipinski definition) is 0. The fraction of sp³-hybridized carbons (Fsp3) is 0.562. The van der Waals surface area contributed by atoms with Crippen molar-refractivity contribution in [1.29, 1.82) is 0 Å². The quantitative estimate of drug-likeness (QED) is 0.328. The Bertz CT molecular complexity index is 301. The number of allylic oxidation sites excluding steroid dienone is 6. The first kappa shape index (κ1) is 15.9. The highest BCUT2D eigenvalue weighted by Crippen LogP contribution is 2.14. The molecule has 17 heavy (non-hydrogen) atoms. The number of carbonyl (C=O) groups is 1. The van der Waals surface area contributed by atoms with Crippen LogP contribution in [0.1, 0.15) is 59.8 Å². The van der Waals surface area contributed by atoms with Crippen molar-refractivity contribution in [3.05, 3.63) is 34.9 Å². The Morgan fingerprint density at radius 3 is 2.18 bits per heavy atom. The fourth-order valence-corrected chi connectivity index (χ4v) is 1.67. The van der Waals surface area contributed by atoms with E-state index in [0.29, 0.717) is 0 Å². The molecule has 1 nitrogen and oxygen atoms in total. The number of rotatable bonds is 8. The zero-order valence-electron chi connectivity index (χ0n) is 11.8. The Balaban J connectivity index is 4.05. The van der Waals surface area contributed by atoms with Gasteiger partial charge in [-0.2, -0.15) is 0 Å². The van der Waals surface area contributed by atoms with Gasteiger partial charge in [-0.25, -0.2) is 0 Å². The molecular formula is C16H26O. The van der Waals surface area contributed by atoms with Gasteiger partial charge >= 0.3 is 0 Å². The third-order valence-electron chi connectivity index (χ3n) is 2.80. The molecule has 0 aromatic heterocycles. The molecule has 0 unspecified atom stereocenters. The predicted molar refractivity (Wildman–Crippen MR) is 76.1 cm³/mol. The molecule has 0 N–H and O–H groups in total. The van der Waals surface area contributed by atoms with E-state index in [1.54, 1.807) is 6.08 Å². The third kappa shape index (κ3) is 9.80. The number of hydrogen-bond acceptors (Lipinski definition) is 1. The van der Waals surface area contributed by atoms with Crippen LogP contribution < -0.4 is 0 Å². The van der Waals surface area contributed by atoms with E-state index in [1.165, 1.54) is 11.1 Å². The zero-order valence-corrected chi connectivity index (χ0v) is 11.8. The summed E-state index contributed by atoms with van der Waals surface area (Å²) < 4.78 is 0. The number of aldehydes is 1. The van der Waals surface area contributed by atoms with Crippen molar-refractivity contribution >= 4 is 6.29 Å². The first-order valence-corrected chi connectivity index (χ1v) is 6.52. The van der Waals surface area contributed by atoms with Crippen molar-refractivity contribution in [2.24, 2.45) is 0 Å². The SMILES string of the molecule is CCC(=CCC/C(C)=C/C=O)CCC=C(C)C. The second-order valence-corrected chi connectivity index (χ2v) is 4.72. The molecule has 0 bridgehead atoms. The topological polar surface area (TPSA) is 17.1 Å². The third-order valence-corrected chi connectivity index (χ3v) is 2.80. The maximum atomic E-state index is 10.3. The van der Waals surface area contributed by atoms with E-state index in [0.717, 1.165) is 44.0 Å². The van der Waals surface area contributed by atoms with Crippen LogP contribution in [0.25, 0.3) is 0 Å². The van der Waals surface area contributed by atoms with Crippen LogP contribution in [0.5, 0.6) is 0 Å². The first-order chi connectivity index (χ1) is 8.10. The Morgan fingerprint density at radius 1 is 1.00 bits per heavy atom. The standard InChI is InChI=1S/C16H26O/c1-5-16(10-6-8-14(2)3)11-7-9-15(4)12-13-17/h8,11-13H,5-7,9-10H2,1-4H3/b15-12+,16-11?. The smallest absolute Gasteiger partial charge is 0.142 e. The van der Waals surface area contributed by atoms with Gasteiger partial charge in [-0.3, -0.25) is 4.79 Å². The van der Waals surface area contributed by atoms with Gasteiger partial charge < -0.3 is 0 Å². The summed E-state index contributed by atoms with van der Waals surface area (Å²) in [7, 11) is 0. The maximum absolute atomic E-state index is 10.3. The number of carbonyl (C=O) groups excluding carboxylic acids is 1. The molecule has 0 saturated carbocycles. The highest BCUT2D eigenvalue weighted by molar-refractivity contribution is 5.65. The second kappa shape index (κ2) is 10.1. The maximum Gasteiger partial charge on any atom is 0.142 e. The van der Waals surface area contributed by atoms with Crippen molar-refractivity contribution < 1.29 is 4.79 Å². The highest BCUT2D eigenvalue weighted by Gasteiger charge is 1.94. The molecule has 96 valence electrons. The molecule has 0 aliphatic rings. The summed E-state index contributed by atoms with van der Waals surface area (Å²) in [5.74, 6) is 0. The molecule has 0 saturated heterocycles. The largest absolute Gasteiger partial charge is 0.299 e. The highest BCUT2D eigenvalue weighted by atomic mass is 16.1. The van der Waals surface area contributed by atoms with Crippen LogP contribution in [-0.2, 0) is 4.79 Å². The predicted octanol–water partition coefficient (Wildman–Crippen LogP) is 4.99. The summed E-state index contributed by atoms with van der Waals surface area (Å²) in [6.07, 6.45) is 12.6. The molecular weight excluding hydrogens is 208 g/mol. The van der Waals surface area contributed by atoms with Crippen LogP contribution in [-0.4, -0.2) is 6.29 Å². The molecule has 0 aliphatic heterocycles. The summed E-state index contributed by atoms with van der Waals surface area (Å²) in [4.78, 5) is 10.3. The van der Waals surface area contributed by atoms with Gasteiger partial charge in [0.05, 0.1) is 0 Å². The van der Waals surface area contributed by atoms with E-state index >= 15 is 0 Å². The van der Waals surface area contributed by atoms with Crippen molar-refractivity contribution in [3.8, 4) is 0 Å². The van der Waals surface area contributed by atoms with Crippen molar-refractivity contribution in [1.82, 2.24) is 0 Å². The minimum absolute atomic E-state index is 0.870. The van der Waals surface area contributed by atoms with Crippen LogP contribution in [0.15, 0.2) is 34.9 Å². The summed E-state index contributed by atoms with van der Waals surface area (Å²) in [6.45, 7) is 8.51. The first-order valence-electron chi connectivity index (χ1n) is 6.52. The summed E-state index contributed by atoms with van der Waals surface area (Å²) in [5.41, 5.74) is 4.09. The summed E-state index contributed by atoms with van der Waals surface area (Å²) >= 11 is 0. The Kier molecular flexibility index (Phi) is 9.41. The van der Waals surface area contributed by atoms with Gasteiger partial charge in [-0.05, 0) is 59.0 Å². The lowest BCUT2D eigenvalue weighted by molar-refractivity contribution is -0.104. The monoisotopic (exact) mass is 234 g/mol. The molecule has 0 aromatic carbocycles. The molecule has 0 aromatic rings. The van der Waals surface area contributed by atoms with Crippen LogP contribution >= 0.6 is 0 Å². The Hall–Kier alpha value is -1.11. The van der Waals surface area contributed by atoms with Crippen molar-refractivity contribution in [3.63, 3.8) is 0 Å². The van der Waals surface area contributed by atoms with E-state index in [9.17, 15) is 4.79 Å². The molecule has 0 aliphatic carbocycles. The van der Waals surface area contributed by atoms with Crippen LogP contribution in [0.3, 0.4) is 0 Å². The lowest BCUT2D eigenvalue weighted by Gasteiger charge is -2.03. The van der Waals surface area contributed by atoms with Crippen LogP contribution in [0.2, 0.25) is 0 Å². The minimum Gasteiger partial charge on any atom is -0.299 e. The Labute approximate surface area is 106 Å². The summed E-state index contributed by atoms with van der Waals surface area (Å²) in [6, 6.07) is 0. The van der Waals surface area contributed by atoms with E-state index in [-0.39, 0.29) is 0 Å². The van der Waals surface area contributed by atoms with E-state index in [4.69, 9.17) is 0 Å². The van der Waals surface area contributed by atoms with E-state index in [2.05, 4.69) is 32.9 Å². The van der Waals surface area contributed by atoms with Crippen LogP contribution in [0, 0.1) is 0 Å². The second-order valence-electron chi connectivity index (χ2n) is 4.72. The minimum atomic E-state index is 0.870. The van der Waals surface area contributed by atoms with E-state index in [1.807, 2.05) is 6.92 Å². The zero-order chi connectivity index (χ0) is 13.1. The fourth-order valence-electron chi connectivity index (χ4n) is 1.67. The average molecular weight is 234 g/mol. The molecule has 0 radical (unpaired) electrons. The van der Waals surface area contributed by atoms with Crippen molar-refractivity contribution in [2.75, 3.05) is 0 Å². The van der Waals surface area contributed by atoms with Gasteiger partial charge in [-0.15, -0.1) is 0 Å². The molecule has 0 fully saturated rings. The van der Waals surface area contributed by atoms with Gasteiger partial charge in [0, 0.05) is 0 Å². The lowest BCUT2D eigenvalue weighted by Crippen LogP contribution is -1.84. The summed E-state index contributed by atoms with van der Waals surface area (Å²) in [5, 5.41) is 0. The molecule has 0 amide bonds. The van der Waals surface area contributed by atoms with Gasteiger partial charge in [0.2, 0.25) is 0 Å². The molecule has 0 spiro atoms. The van der Waals surface area contributed by atoms with Gasteiger partial charge in [0.25, 0.3) is 0 Å². The average Bonchev–Trinajstić information content (AvgIpc) is 2.27. The molecule has 0 rings (SSSR count). The normalized spacial score (nSPS) is 12.5. The Morgan fingerprint density at radius 2 is 1.65 bits per heavy atom. The van der Waals surface area contributed by atoms with Crippen molar-refractivity contribution in [2.45, 2.75) is 59.8 Å². The molecule has 0 heterocycles. The van der Waals surface area contributed by atoms with Gasteiger partial charge in [0.1, 0.15) is 6.29 Å². The molecule has 0 atom stereocenters.